The molecule has 0 spiro atoms. The van der Waals surface area contributed by atoms with Crippen molar-refractivity contribution in [2.75, 3.05) is 6.61 Å². The monoisotopic (exact) mass is 364 g/mol. The molecule has 26 heavy (non-hydrogen) atoms. The predicted octanol–water partition coefficient (Wildman–Crippen LogP) is 3.70. The first-order valence-corrected chi connectivity index (χ1v) is 8.77. The number of carboxylic acids is 1. The van der Waals surface area contributed by atoms with Crippen molar-refractivity contribution in [3.05, 3.63) is 28.6 Å². The van der Waals surface area contributed by atoms with Crippen molar-refractivity contribution < 1.29 is 28.9 Å². The maximum atomic E-state index is 12.2. The van der Waals surface area contributed by atoms with Crippen LogP contribution in [0.2, 0.25) is 0 Å². The van der Waals surface area contributed by atoms with Crippen molar-refractivity contribution >= 4 is 16.9 Å². The topological polar surface area (TPSA) is 106 Å². The van der Waals surface area contributed by atoms with Crippen molar-refractivity contribution in [1.29, 1.82) is 0 Å². The number of hydrogen-bond donors (Lipinski definition) is 2. The maximum Gasteiger partial charge on any atom is 0.383 e. The van der Waals surface area contributed by atoms with Gasteiger partial charge in [-0.25, -0.2) is 9.59 Å². The lowest BCUT2D eigenvalue weighted by atomic mass is 10.1. The van der Waals surface area contributed by atoms with E-state index >= 15 is 0 Å². The van der Waals surface area contributed by atoms with E-state index in [-0.39, 0.29) is 28.6 Å². The summed E-state index contributed by atoms with van der Waals surface area (Å²) in [6.07, 6.45) is 4.31. The molecule has 0 aliphatic heterocycles. The van der Waals surface area contributed by atoms with Crippen LogP contribution in [0.1, 0.15) is 46.0 Å². The Morgan fingerprint density at radius 3 is 2.69 bits per heavy atom. The first-order valence-electron chi connectivity index (χ1n) is 8.77. The van der Waals surface area contributed by atoms with Crippen LogP contribution in [0.5, 0.6) is 17.2 Å². The molecule has 1 atom stereocenters. The summed E-state index contributed by atoms with van der Waals surface area (Å²) in [6.45, 7) is 3.46. The van der Waals surface area contributed by atoms with Crippen LogP contribution >= 0.6 is 0 Å². The second kappa shape index (κ2) is 9.12. The SMILES string of the molecule is CCCCCC(CC)Oc1c(O)c2c(OCC(=O)O)cccc2oc1=O. The summed E-state index contributed by atoms with van der Waals surface area (Å²) in [4.78, 5) is 23.0. The lowest BCUT2D eigenvalue weighted by Crippen LogP contribution is -2.19. The number of ether oxygens (including phenoxy) is 2. The maximum absolute atomic E-state index is 12.2. The Morgan fingerprint density at radius 1 is 1.27 bits per heavy atom. The van der Waals surface area contributed by atoms with Gasteiger partial charge in [-0.2, -0.15) is 0 Å². The molecule has 1 unspecified atom stereocenters. The Bertz CT molecular complexity index is 809. The molecule has 1 aromatic carbocycles. The second-order valence-electron chi connectivity index (χ2n) is 6.02. The van der Waals surface area contributed by atoms with Gasteiger partial charge in [0, 0.05) is 0 Å². The zero-order valence-corrected chi connectivity index (χ0v) is 15.0. The molecule has 0 saturated carbocycles. The number of fused-ring (bicyclic) bond motifs is 1. The van der Waals surface area contributed by atoms with Gasteiger partial charge in [-0.1, -0.05) is 32.8 Å². The number of benzene rings is 1. The lowest BCUT2D eigenvalue weighted by molar-refractivity contribution is -0.139. The fraction of sp³-hybridized carbons (Fsp3) is 0.474. The van der Waals surface area contributed by atoms with Gasteiger partial charge in [-0.15, -0.1) is 0 Å². The van der Waals surface area contributed by atoms with Crippen LogP contribution in [-0.2, 0) is 4.79 Å². The molecule has 2 aromatic rings. The number of rotatable bonds is 10. The number of carboxylic acid groups (broad SMARTS) is 1. The predicted molar refractivity (Wildman–Crippen MR) is 96.1 cm³/mol. The molecule has 0 amide bonds. The smallest absolute Gasteiger partial charge is 0.383 e. The van der Waals surface area contributed by atoms with Crippen molar-refractivity contribution in [3.63, 3.8) is 0 Å². The van der Waals surface area contributed by atoms with E-state index in [0.717, 1.165) is 25.7 Å². The average molecular weight is 364 g/mol. The van der Waals surface area contributed by atoms with Crippen molar-refractivity contribution in [3.8, 4) is 17.2 Å². The molecule has 0 aliphatic rings. The fourth-order valence-electron chi connectivity index (χ4n) is 2.68. The number of aromatic hydroxyl groups is 1. The highest BCUT2D eigenvalue weighted by Crippen LogP contribution is 2.38. The molecule has 0 radical (unpaired) electrons. The van der Waals surface area contributed by atoms with Gasteiger partial charge >= 0.3 is 11.6 Å². The summed E-state index contributed by atoms with van der Waals surface area (Å²) < 4.78 is 16.1. The fourth-order valence-corrected chi connectivity index (χ4v) is 2.68. The Hall–Kier alpha value is -2.70. The van der Waals surface area contributed by atoms with Crippen molar-refractivity contribution in [1.82, 2.24) is 0 Å². The van der Waals surface area contributed by atoms with Crippen LogP contribution in [-0.4, -0.2) is 28.9 Å². The molecular formula is C19H24O7. The van der Waals surface area contributed by atoms with Gasteiger partial charge in [0.1, 0.15) is 16.7 Å². The molecule has 0 saturated heterocycles. The number of aliphatic carboxylic acids is 1. The molecule has 7 heteroatoms. The molecule has 2 rings (SSSR count). The van der Waals surface area contributed by atoms with Crippen molar-refractivity contribution in [2.24, 2.45) is 0 Å². The normalized spacial score (nSPS) is 12.1. The second-order valence-corrected chi connectivity index (χ2v) is 6.02. The van der Waals surface area contributed by atoms with E-state index in [1.165, 1.54) is 12.1 Å². The van der Waals surface area contributed by atoms with Crippen LogP contribution in [0.4, 0.5) is 0 Å². The summed E-state index contributed by atoms with van der Waals surface area (Å²) in [5.74, 6) is -1.72. The van der Waals surface area contributed by atoms with Gasteiger partial charge in [0.05, 0.1) is 6.10 Å². The van der Waals surface area contributed by atoms with E-state index in [2.05, 4.69) is 6.92 Å². The zero-order chi connectivity index (χ0) is 19.1. The summed E-state index contributed by atoms with van der Waals surface area (Å²) >= 11 is 0. The van der Waals surface area contributed by atoms with Gasteiger partial charge in [0.2, 0.25) is 5.75 Å². The molecule has 2 N–H and O–H groups in total. The number of hydrogen-bond acceptors (Lipinski definition) is 6. The van der Waals surface area contributed by atoms with E-state index in [4.69, 9.17) is 19.0 Å². The zero-order valence-electron chi connectivity index (χ0n) is 15.0. The van der Waals surface area contributed by atoms with Gasteiger partial charge < -0.3 is 24.1 Å². The van der Waals surface area contributed by atoms with Crippen LogP contribution in [0.3, 0.4) is 0 Å². The van der Waals surface area contributed by atoms with E-state index in [0.29, 0.717) is 6.42 Å². The van der Waals surface area contributed by atoms with Crippen LogP contribution in [0.25, 0.3) is 11.0 Å². The third kappa shape index (κ3) is 4.68. The summed E-state index contributed by atoms with van der Waals surface area (Å²) in [5.41, 5.74) is -0.680. The summed E-state index contributed by atoms with van der Waals surface area (Å²) in [5, 5.41) is 19.5. The highest BCUT2D eigenvalue weighted by molar-refractivity contribution is 5.91. The van der Waals surface area contributed by atoms with Crippen LogP contribution < -0.4 is 15.1 Å². The van der Waals surface area contributed by atoms with Gasteiger partial charge in [-0.3, -0.25) is 0 Å². The number of unbranched alkanes of at least 4 members (excludes halogenated alkanes) is 2. The molecule has 1 heterocycles. The Balaban J connectivity index is 2.38. The highest BCUT2D eigenvalue weighted by atomic mass is 16.5. The molecule has 0 fully saturated rings. The summed E-state index contributed by atoms with van der Waals surface area (Å²) in [6, 6.07) is 4.53. The largest absolute Gasteiger partial charge is 0.503 e. The van der Waals surface area contributed by atoms with E-state index in [9.17, 15) is 14.7 Å². The molecule has 7 nitrogen and oxygen atoms in total. The summed E-state index contributed by atoms with van der Waals surface area (Å²) in [7, 11) is 0. The van der Waals surface area contributed by atoms with Gasteiger partial charge in [0.25, 0.3) is 0 Å². The molecular weight excluding hydrogens is 340 g/mol. The quantitative estimate of drug-likeness (QED) is 0.489. The minimum atomic E-state index is -1.16. The standard InChI is InChI=1S/C19H24O7/c1-3-5-6-8-12(4-2)25-18-17(22)16-13(24-11-15(20)21)9-7-10-14(16)26-19(18)23/h7,9-10,12,22H,3-6,8,11H2,1-2H3,(H,20,21). The Morgan fingerprint density at radius 2 is 2.04 bits per heavy atom. The lowest BCUT2D eigenvalue weighted by Gasteiger charge is -2.18. The molecule has 0 bridgehead atoms. The highest BCUT2D eigenvalue weighted by Gasteiger charge is 2.21. The molecule has 1 aromatic heterocycles. The third-order valence-electron chi connectivity index (χ3n) is 4.05. The van der Waals surface area contributed by atoms with Crippen LogP contribution in [0.15, 0.2) is 27.4 Å². The first-order chi connectivity index (χ1) is 12.5. The van der Waals surface area contributed by atoms with Gasteiger partial charge in [0.15, 0.2) is 12.4 Å². The van der Waals surface area contributed by atoms with E-state index in [1.54, 1.807) is 6.07 Å². The van der Waals surface area contributed by atoms with E-state index in [1.807, 2.05) is 6.92 Å². The number of carbonyl (C=O) groups is 1. The van der Waals surface area contributed by atoms with E-state index < -0.39 is 24.0 Å². The molecule has 142 valence electrons. The van der Waals surface area contributed by atoms with Crippen molar-refractivity contribution in [2.45, 2.75) is 52.1 Å². The van der Waals surface area contributed by atoms with Crippen LogP contribution in [0, 0.1) is 0 Å². The minimum absolute atomic E-state index is 0.0989. The Labute approximate surface area is 151 Å². The first kappa shape index (κ1) is 19.6. The van der Waals surface area contributed by atoms with Gasteiger partial charge in [-0.05, 0) is 31.4 Å². The average Bonchev–Trinajstić information content (AvgIpc) is 2.61. The Kier molecular flexibility index (Phi) is 6.89. The minimum Gasteiger partial charge on any atom is -0.503 e. The third-order valence-corrected chi connectivity index (χ3v) is 4.05. The molecule has 0 aliphatic carbocycles.